The molecule has 1 unspecified atom stereocenters. The Bertz CT molecular complexity index is 253. The third-order valence-electron chi connectivity index (χ3n) is 4.37. The molecule has 3 heteroatoms. The van der Waals surface area contributed by atoms with E-state index in [1.165, 1.54) is 64.2 Å². The topological polar surface area (TPSA) is 46.5 Å². The summed E-state index contributed by atoms with van der Waals surface area (Å²) in [6.07, 6.45) is 16.8. The van der Waals surface area contributed by atoms with Gasteiger partial charge in [-0.2, -0.15) is 0 Å². The maximum Gasteiger partial charge on any atom is 0.306 e. The zero-order valence-electron chi connectivity index (χ0n) is 15.7. The molecule has 23 heavy (non-hydrogen) atoms. The van der Waals surface area contributed by atoms with Crippen molar-refractivity contribution in [3.63, 3.8) is 0 Å². The van der Waals surface area contributed by atoms with Crippen molar-refractivity contribution in [2.24, 2.45) is 0 Å². The number of aliphatic hydroxyl groups excluding tert-OH is 1. The molecule has 0 aromatic rings. The van der Waals surface area contributed by atoms with Gasteiger partial charge < -0.3 is 9.84 Å². The lowest BCUT2D eigenvalue weighted by Crippen LogP contribution is -2.21. The predicted molar refractivity (Wildman–Crippen MR) is 97.6 cm³/mol. The second-order valence-electron chi connectivity index (χ2n) is 6.72. The fraction of sp³-hybridized carbons (Fsp3) is 0.950. The third kappa shape index (κ3) is 16.1. The first-order chi connectivity index (χ1) is 11.2. The maximum atomic E-state index is 11.8. The number of ether oxygens (including phenoxy) is 1. The van der Waals surface area contributed by atoms with Crippen molar-refractivity contribution in [3.8, 4) is 0 Å². The van der Waals surface area contributed by atoms with Crippen molar-refractivity contribution in [2.75, 3.05) is 6.61 Å². The molecule has 0 fully saturated rings. The van der Waals surface area contributed by atoms with Crippen molar-refractivity contribution in [1.29, 1.82) is 0 Å². The monoisotopic (exact) mass is 328 g/mol. The van der Waals surface area contributed by atoms with Gasteiger partial charge in [0.15, 0.2) is 0 Å². The lowest BCUT2D eigenvalue weighted by Gasteiger charge is -2.15. The van der Waals surface area contributed by atoms with Gasteiger partial charge in [0, 0.05) is 6.42 Å². The Balaban J connectivity index is 3.50. The number of rotatable bonds is 17. The molecule has 0 aliphatic carbocycles. The van der Waals surface area contributed by atoms with Crippen LogP contribution in [-0.4, -0.2) is 23.8 Å². The second kappa shape index (κ2) is 17.8. The van der Waals surface area contributed by atoms with Gasteiger partial charge in [-0.05, 0) is 19.3 Å². The van der Waals surface area contributed by atoms with Crippen LogP contribution in [0.5, 0.6) is 0 Å². The lowest BCUT2D eigenvalue weighted by molar-refractivity contribution is -0.151. The van der Waals surface area contributed by atoms with Gasteiger partial charge in [-0.25, -0.2) is 0 Å². The second-order valence-corrected chi connectivity index (χ2v) is 6.72. The molecule has 138 valence electrons. The molecule has 1 atom stereocenters. The van der Waals surface area contributed by atoms with Gasteiger partial charge in [0.1, 0.15) is 6.10 Å². The van der Waals surface area contributed by atoms with Crippen LogP contribution >= 0.6 is 0 Å². The van der Waals surface area contributed by atoms with Gasteiger partial charge in [-0.3, -0.25) is 4.79 Å². The van der Waals surface area contributed by atoms with Crippen LogP contribution in [0.25, 0.3) is 0 Å². The molecular formula is C20H40O3. The quantitative estimate of drug-likeness (QED) is 0.272. The fourth-order valence-corrected chi connectivity index (χ4v) is 2.81. The van der Waals surface area contributed by atoms with E-state index in [-0.39, 0.29) is 18.7 Å². The van der Waals surface area contributed by atoms with Gasteiger partial charge in [0.25, 0.3) is 0 Å². The van der Waals surface area contributed by atoms with Crippen LogP contribution in [0.15, 0.2) is 0 Å². The smallest absolute Gasteiger partial charge is 0.306 e. The number of hydrogen-bond acceptors (Lipinski definition) is 3. The molecule has 0 aromatic carbocycles. The molecule has 0 spiro atoms. The van der Waals surface area contributed by atoms with Gasteiger partial charge in [-0.1, -0.05) is 84.5 Å². The van der Waals surface area contributed by atoms with E-state index in [1.807, 2.05) is 0 Å². The maximum absolute atomic E-state index is 11.8. The highest BCUT2D eigenvalue weighted by Crippen LogP contribution is 2.12. The van der Waals surface area contributed by atoms with E-state index in [0.717, 1.165) is 25.7 Å². The standard InChI is InChI=1S/C20H40O3/c1-3-5-7-9-10-11-13-15-17-20(22)23-19(18-21)16-14-12-8-6-4-2/h19,21H,3-18H2,1-2H3. The van der Waals surface area contributed by atoms with Crippen molar-refractivity contribution >= 4 is 5.97 Å². The molecule has 3 nitrogen and oxygen atoms in total. The summed E-state index contributed by atoms with van der Waals surface area (Å²) in [5.74, 6) is -0.136. The highest BCUT2D eigenvalue weighted by atomic mass is 16.5. The van der Waals surface area contributed by atoms with E-state index in [2.05, 4.69) is 13.8 Å². The molecule has 0 aliphatic heterocycles. The van der Waals surface area contributed by atoms with E-state index in [4.69, 9.17) is 4.74 Å². The predicted octanol–water partition coefficient (Wildman–Crippen LogP) is 5.78. The minimum Gasteiger partial charge on any atom is -0.460 e. The Labute approximate surface area is 144 Å². The molecule has 0 saturated heterocycles. The first kappa shape index (κ1) is 22.4. The molecule has 0 amide bonds. The molecule has 0 rings (SSSR count). The highest BCUT2D eigenvalue weighted by molar-refractivity contribution is 5.69. The number of hydrogen-bond donors (Lipinski definition) is 1. The Morgan fingerprint density at radius 2 is 1.26 bits per heavy atom. The number of aliphatic hydroxyl groups is 1. The zero-order valence-corrected chi connectivity index (χ0v) is 15.7. The summed E-state index contributed by atoms with van der Waals surface area (Å²) in [5.41, 5.74) is 0. The Hall–Kier alpha value is -0.570. The van der Waals surface area contributed by atoms with Crippen molar-refractivity contribution in [3.05, 3.63) is 0 Å². The van der Waals surface area contributed by atoms with E-state index in [1.54, 1.807) is 0 Å². The van der Waals surface area contributed by atoms with Gasteiger partial charge in [0.05, 0.1) is 6.61 Å². The van der Waals surface area contributed by atoms with Crippen LogP contribution < -0.4 is 0 Å². The van der Waals surface area contributed by atoms with Crippen LogP contribution in [0, 0.1) is 0 Å². The summed E-state index contributed by atoms with van der Waals surface area (Å²) in [6.45, 7) is 4.39. The Morgan fingerprint density at radius 1 is 0.783 bits per heavy atom. The summed E-state index contributed by atoms with van der Waals surface area (Å²) >= 11 is 0. The van der Waals surface area contributed by atoms with Crippen molar-refractivity contribution in [2.45, 2.75) is 116 Å². The molecule has 0 heterocycles. The number of unbranched alkanes of at least 4 members (excludes halogenated alkanes) is 11. The van der Waals surface area contributed by atoms with E-state index in [9.17, 15) is 9.90 Å². The minimum absolute atomic E-state index is 0.0447. The summed E-state index contributed by atoms with van der Waals surface area (Å²) < 4.78 is 5.38. The molecular weight excluding hydrogens is 288 g/mol. The van der Waals surface area contributed by atoms with Crippen LogP contribution in [-0.2, 0) is 9.53 Å². The Morgan fingerprint density at radius 3 is 1.78 bits per heavy atom. The first-order valence-corrected chi connectivity index (χ1v) is 10.0. The summed E-state index contributed by atoms with van der Waals surface area (Å²) in [5, 5.41) is 9.31. The first-order valence-electron chi connectivity index (χ1n) is 10.0. The average Bonchev–Trinajstić information content (AvgIpc) is 2.56. The normalized spacial score (nSPS) is 12.3. The SMILES string of the molecule is CCCCCCCCCCC(=O)OC(CO)CCCCCCC. The summed E-state index contributed by atoms with van der Waals surface area (Å²) in [4.78, 5) is 11.8. The molecule has 0 aromatic heterocycles. The number of esters is 1. The number of carbonyl (C=O) groups excluding carboxylic acids is 1. The molecule has 0 aliphatic rings. The molecule has 1 N–H and O–H groups in total. The Kier molecular flexibility index (Phi) is 17.3. The van der Waals surface area contributed by atoms with Crippen LogP contribution in [0.4, 0.5) is 0 Å². The molecule has 0 saturated carbocycles. The fourth-order valence-electron chi connectivity index (χ4n) is 2.81. The van der Waals surface area contributed by atoms with E-state index < -0.39 is 0 Å². The van der Waals surface area contributed by atoms with Gasteiger partial charge >= 0.3 is 5.97 Å². The van der Waals surface area contributed by atoms with Crippen LogP contribution in [0.2, 0.25) is 0 Å². The average molecular weight is 329 g/mol. The van der Waals surface area contributed by atoms with Crippen LogP contribution in [0.3, 0.4) is 0 Å². The molecule has 0 radical (unpaired) electrons. The molecule has 0 bridgehead atoms. The lowest BCUT2D eigenvalue weighted by atomic mass is 10.1. The van der Waals surface area contributed by atoms with Gasteiger partial charge in [0.2, 0.25) is 0 Å². The summed E-state index contributed by atoms with van der Waals surface area (Å²) in [7, 11) is 0. The van der Waals surface area contributed by atoms with E-state index in [0.29, 0.717) is 6.42 Å². The van der Waals surface area contributed by atoms with E-state index >= 15 is 0 Å². The zero-order chi connectivity index (χ0) is 17.2. The van der Waals surface area contributed by atoms with Crippen molar-refractivity contribution in [1.82, 2.24) is 0 Å². The minimum atomic E-state index is -0.293. The largest absolute Gasteiger partial charge is 0.460 e. The third-order valence-corrected chi connectivity index (χ3v) is 4.37. The van der Waals surface area contributed by atoms with Crippen molar-refractivity contribution < 1.29 is 14.6 Å². The highest BCUT2D eigenvalue weighted by Gasteiger charge is 2.12. The summed E-state index contributed by atoms with van der Waals surface area (Å²) in [6, 6.07) is 0. The van der Waals surface area contributed by atoms with Crippen LogP contribution in [0.1, 0.15) is 110 Å². The number of carbonyl (C=O) groups is 1. The van der Waals surface area contributed by atoms with Gasteiger partial charge in [-0.15, -0.1) is 0 Å².